The maximum Gasteiger partial charge on any atom is 0.191 e. The predicted molar refractivity (Wildman–Crippen MR) is 118 cm³/mol. The fraction of sp³-hybridized carbons (Fsp3) is 0.368. The summed E-state index contributed by atoms with van der Waals surface area (Å²) >= 11 is 0. The second-order valence-corrected chi connectivity index (χ2v) is 6.07. The second kappa shape index (κ2) is 10.2. The molecule has 1 aromatic carbocycles. The number of halogens is 1. The third kappa shape index (κ3) is 5.48. The molecule has 0 atom stereocenters. The Morgan fingerprint density at radius 1 is 1.23 bits per heavy atom. The average molecular weight is 466 g/mol. The minimum atomic E-state index is 0. The standard InChI is InChI=1S/C19H26N6.HI/c1-3-20-19(21-10-8-15-12-24-25(2)14-15)22-11-9-16-13-23-18-7-5-4-6-17(16)18;/h4-7,12-14,23H,3,8-11H2,1-2H3,(H2,20,21,22);1H. The number of hydrogen-bond donors (Lipinski definition) is 3. The fourth-order valence-electron chi connectivity index (χ4n) is 2.89. The Bertz CT molecular complexity index is 835. The molecule has 2 aromatic heterocycles. The van der Waals surface area contributed by atoms with Crippen LogP contribution in [0.4, 0.5) is 0 Å². The number of nitrogens with zero attached hydrogens (tertiary/aromatic N) is 3. The van der Waals surface area contributed by atoms with Crippen LogP contribution in [-0.2, 0) is 19.9 Å². The highest BCUT2D eigenvalue weighted by Gasteiger charge is 2.03. The summed E-state index contributed by atoms with van der Waals surface area (Å²) in [6, 6.07) is 8.39. The summed E-state index contributed by atoms with van der Waals surface area (Å²) in [5.74, 6) is 0.867. The van der Waals surface area contributed by atoms with Crippen molar-refractivity contribution in [2.45, 2.75) is 19.8 Å². The highest BCUT2D eigenvalue weighted by Crippen LogP contribution is 2.17. The SMILES string of the molecule is CCNC(=NCCc1c[nH]c2ccccc12)NCCc1cnn(C)c1.I. The molecule has 0 fully saturated rings. The molecule has 140 valence electrons. The van der Waals surface area contributed by atoms with Crippen LogP contribution in [0.3, 0.4) is 0 Å². The largest absolute Gasteiger partial charge is 0.361 e. The van der Waals surface area contributed by atoms with Crippen LogP contribution in [-0.4, -0.2) is 40.4 Å². The van der Waals surface area contributed by atoms with Crippen molar-refractivity contribution < 1.29 is 0 Å². The van der Waals surface area contributed by atoms with Gasteiger partial charge >= 0.3 is 0 Å². The maximum absolute atomic E-state index is 4.69. The lowest BCUT2D eigenvalue weighted by Gasteiger charge is -2.10. The van der Waals surface area contributed by atoms with Crippen LogP contribution in [0.25, 0.3) is 10.9 Å². The number of aromatic nitrogens is 3. The first-order valence-corrected chi connectivity index (χ1v) is 8.81. The van der Waals surface area contributed by atoms with Gasteiger partial charge < -0.3 is 15.6 Å². The third-order valence-electron chi connectivity index (χ3n) is 4.13. The van der Waals surface area contributed by atoms with E-state index < -0.39 is 0 Å². The first-order valence-electron chi connectivity index (χ1n) is 8.81. The Hall–Kier alpha value is -2.03. The van der Waals surface area contributed by atoms with Crippen LogP contribution >= 0.6 is 24.0 Å². The second-order valence-electron chi connectivity index (χ2n) is 6.07. The van der Waals surface area contributed by atoms with Gasteiger partial charge in [0, 0.05) is 50.0 Å². The molecule has 0 bridgehead atoms. The number of guanidine groups is 1. The summed E-state index contributed by atoms with van der Waals surface area (Å²) in [4.78, 5) is 8.01. The zero-order valence-electron chi connectivity index (χ0n) is 15.3. The van der Waals surface area contributed by atoms with Crippen molar-refractivity contribution in [3.05, 3.63) is 54.0 Å². The van der Waals surface area contributed by atoms with E-state index in [1.807, 2.05) is 24.1 Å². The number of benzene rings is 1. The number of aryl methyl sites for hydroxylation is 1. The maximum atomic E-state index is 4.69. The van der Waals surface area contributed by atoms with Crippen LogP contribution < -0.4 is 10.6 Å². The number of hydrogen-bond acceptors (Lipinski definition) is 2. The number of aromatic amines is 1. The summed E-state index contributed by atoms with van der Waals surface area (Å²) in [5.41, 5.74) is 3.72. The van der Waals surface area contributed by atoms with Gasteiger partial charge in [0.15, 0.2) is 5.96 Å². The van der Waals surface area contributed by atoms with Crippen LogP contribution in [0.1, 0.15) is 18.1 Å². The molecule has 0 saturated heterocycles. The van der Waals surface area contributed by atoms with Crippen LogP contribution in [0.15, 0.2) is 47.8 Å². The smallest absolute Gasteiger partial charge is 0.191 e. The Balaban J connectivity index is 0.00000243. The third-order valence-corrected chi connectivity index (χ3v) is 4.13. The molecule has 0 aliphatic rings. The lowest BCUT2D eigenvalue weighted by atomic mass is 10.1. The van der Waals surface area contributed by atoms with Crippen molar-refractivity contribution in [3.8, 4) is 0 Å². The van der Waals surface area contributed by atoms with Crippen molar-refractivity contribution >= 4 is 40.8 Å². The summed E-state index contributed by atoms with van der Waals surface area (Å²) < 4.78 is 1.83. The summed E-state index contributed by atoms with van der Waals surface area (Å²) in [6.07, 6.45) is 7.89. The molecule has 0 saturated carbocycles. The van der Waals surface area contributed by atoms with Crippen molar-refractivity contribution in [2.24, 2.45) is 12.0 Å². The van der Waals surface area contributed by atoms with Gasteiger partial charge in [-0.15, -0.1) is 24.0 Å². The fourth-order valence-corrected chi connectivity index (χ4v) is 2.89. The van der Waals surface area contributed by atoms with Crippen LogP contribution in [0.2, 0.25) is 0 Å². The summed E-state index contributed by atoms with van der Waals surface area (Å²) in [5, 5.41) is 12.2. The van der Waals surface area contributed by atoms with Gasteiger partial charge in [-0.3, -0.25) is 9.67 Å². The van der Waals surface area contributed by atoms with E-state index in [0.717, 1.165) is 38.4 Å². The first kappa shape index (κ1) is 20.3. The van der Waals surface area contributed by atoms with E-state index in [9.17, 15) is 0 Å². The molecule has 0 aliphatic carbocycles. The van der Waals surface area contributed by atoms with E-state index in [-0.39, 0.29) is 24.0 Å². The topological polar surface area (TPSA) is 70.0 Å². The van der Waals surface area contributed by atoms with Gasteiger partial charge in [-0.25, -0.2) is 0 Å². The normalized spacial score (nSPS) is 11.4. The van der Waals surface area contributed by atoms with E-state index in [2.05, 4.69) is 58.1 Å². The van der Waals surface area contributed by atoms with Gasteiger partial charge in [0.25, 0.3) is 0 Å². The number of rotatable bonds is 7. The molecule has 26 heavy (non-hydrogen) atoms. The zero-order chi connectivity index (χ0) is 17.5. The van der Waals surface area contributed by atoms with Gasteiger partial charge in [0.05, 0.1) is 6.20 Å². The number of aliphatic imine (C=N–C) groups is 1. The van der Waals surface area contributed by atoms with E-state index in [4.69, 9.17) is 4.99 Å². The first-order chi connectivity index (χ1) is 12.3. The predicted octanol–water partition coefficient (Wildman–Crippen LogP) is 2.86. The molecule has 2 heterocycles. The number of H-pyrrole nitrogens is 1. The van der Waals surface area contributed by atoms with E-state index in [1.54, 1.807) is 0 Å². The molecular formula is C19H27IN6. The Morgan fingerprint density at radius 2 is 2.08 bits per heavy atom. The van der Waals surface area contributed by atoms with Crippen LogP contribution in [0.5, 0.6) is 0 Å². The number of nitrogens with one attached hydrogen (secondary N) is 3. The van der Waals surface area contributed by atoms with Crippen LogP contribution in [0, 0.1) is 0 Å². The molecule has 0 spiro atoms. The zero-order valence-corrected chi connectivity index (χ0v) is 17.7. The van der Waals surface area contributed by atoms with Crippen molar-refractivity contribution in [1.82, 2.24) is 25.4 Å². The Labute approximate surface area is 171 Å². The molecule has 3 N–H and O–H groups in total. The quantitative estimate of drug-likeness (QED) is 0.285. The van der Waals surface area contributed by atoms with E-state index in [1.165, 1.54) is 22.0 Å². The van der Waals surface area contributed by atoms with E-state index >= 15 is 0 Å². The van der Waals surface area contributed by atoms with Gasteiger partial charge in [-0.2, -0.15) is 5.10 Å². The van der Waals surface area contributed by atoms with Gasteiger partial charge in [0.2, 0.25) is 0 Å². The lowest BCUT2D eigenvalue weighted by Crippen LogP contribution is -2.38. The number of para-hydroxylation sites is 1. The van der Waals surface area contributed by atoms with Gasteiger partial charge in [-0.1, -0.05) is 18.2 Å². The summed E-state index contributed by atoms with van der Waals surface area (Å²) in [6.45, 7) is 4.53. The van der Waals surface area contributed by atoms with Crippen molar-refractivity contribution in [1.29, 1.82) is 0 Å². The molecule has 7 heteroatoms. The van der Waals surface area contributed by atoms with Crippen molar-refractivity contribution in [3.63, 3.8) is 0 Å². The van der Waals surface area contributed by atoms with Crippen molar-refractivity contribution in [2.75, 3.05) is 19.6 Å². The monoisotopic (exact) mass is 466 g/mol. The van der Waals surface area contributed by atoms with E-state index in [0.29, 0.717) is 0 Å². The lowest BCUT2D eigenvalue weighted by molar-refractivity contribution is 0.765. The molecule has 0 amide bonds. The molecule has 3 rings (SSSR count). The average Bonchev–Trinajstić information content (AvgIpc) is 3.21. The van der Waals surface area contributed by atoms with Gasteiger partial charge in [0.1, 0.15) is 0 Å². The Kier molecular flexibility index (Phi) is 7.96. The summed E-state index contributed by atoms with van der Waals surface area (Å²) in [7, 11) is 1.94. The molecule has 0 unspecified atom stereocenters. The molecular weight excluding hydrogens is 439 g/mol. The minimum Gasteiger partial charge on any atom is -0.361 e. The minimum absolute atomic E-state index is 0. The molecule has 0 aliphatic heterocycles. The van der Waals surface area contributed by atoms with Gasteiger partial charge in [-0.05, 0) is 37.0 Å². The molecule has 0 radical (unpaired) electrons. The Morgan fingerprint density at radius 3 is 2.85 bits per heavy atom. The highest BCUT2D eigenvalue weighted by molar-refractivity contribution is 14.0. The molecule has 3 aromatic rings. The molecule has 6 nitrogen and oxygen atoms in total. The number of fused-ring (bicyclic) bond motifs is 1. The highest BCUT2D eigenvalue weighted by atomic mass is 127.